The Morgan fingerprint density at radius 1 is 0.792 bits per heavy atom. The van der Waals surface area contributed by atoms with Gasteiger partial charge in [0.05, 0.1) is 88.3 Å². The van der Waals surface area contributed by atoms with Gasteiger partial charge < -0.3 is 59.3 Å². The Morgan fingerprint density at radius 3 is 1.99 bits per heavy atom. The number of piperazine rings is 1. The molecule has 0 bridgehead atoms. The van der Waals surface area contributed by atoms with Gasteiger partial charge in [0, 0.05) is 64.0 Å². The number of carbonyl (C=O) groups is 4. The van der Waals surface area contributed by atoms with Crippen LogP contribution in [-0.2, 0) is 54.1 Å². The molecule has 0 radical (unpaired) electrons. The van der Waals surface area contributed by atoms with E-state index in [1.165, 1.54) is 10.5 Å². The van der Waals surface area contributed by atoms with Crippen LogP contribution in [0.4, 0.5) is 5.82 Å². The zero-order chi connectivity index (χ0) is 54.7. The Labute approximate surface area is 457 Å². The molecule has 0 spiro atoms. The van der Waals surface area contributed by atoms with E-state index in [2.05, 4.69) is 55.8 Å². The number of anilines is 1. The van der Waals surface area contributed by atoms with Gasteiger partial charge in [-0.25, -0.2) is 14.5 Å². The van der Waals surface area contributed by atoms with Gasteiger partial charge in [0.2, 0.25) is 23.6 Å². The number of benzene rings is 1. The molecule has 4 N–H and O–H groups in total. The number of nitrogens with zero attached hydrogens (tertiary/aromatic N) is 7. The third-order valence-electron chi connectivity index (χ3n) is 14.4. The van der Waals surface area contributed by atoms with Gasteiger partial charge in [0.1, 0.15) is 37.1 Å². The molecule has 2 aliphatic heterocycles. The van der Waals surface area contributed by atoms with Crippen LogP contribution in [0.1, 0.15) is 89.5 Å². The molecule has 0 unspecified atom stereocenters. The van der Waals surface area contributed by atoms with Crippen LogP contribution in [0.3, 0.4) is 0 Å². The minimum Gasteiger partial charge on any atom is -0.391 e. The van der Waals surface area contributed by atoms with Crippen LogP contribution in [0, 0.1) is 12.3 Å². The van der Waals surface area contributed by atoms with E-state index in [0.717, 1.165) is 71.8 Å². The summed E-state index contributed by atoms with van der Waals surface area (Å²) in [6.45, 7) is 18.4. The molecule has 22 heteroatoms. The fourth-order valence-corrected chi connectivity index (χ4v) is 10.9. The standard InChI is InChI=1S/C55H82N10O11S/c1-38(2)45-15-16-65-49(45)52(57-36-59-65)60-42-11-13-43(14-12-42)62-17-19-63(20-18-62)48(68)35-76-30-28-74-26-24-72-22-21-71-23-25-73-27-29-75-34-47(67)61-51(55(4,5)6)54(70)64-33-44(66)31-46(64)53(69)56-32-40-7-9-41(10-8-40)50-39(3)58-37-77-50/h7-10,15-16,36-38,42-44,46,51,66H,11-14,17-35H2,1-6H3,(H,56,69)(H,61,67)(H,57,59,60)/t42?,43?,44-,46+,51-/m1/s1. The Hall–Kier alpha value is -5.17. The van der Waals surface area contributed by atoms with Crippen LogP contribution >= 0.6 is 11.3 Å². The molecule has 1 aromatic carbocycles. The lowest BCUT2D eigenvalue weighted by molar-refractivity contribution is -0.144. The van der Waals surface area contributed by atoms with Crippen molar-refractivity contribution < 1.29 is 52.7 Å². The summed E-state index contributed by atoms with van der Waals surface area (Å²) < 4.78 is 35.4. The van der Waals surface area contributed by atoms with E-state index in [1.807, 2.05) is 73.1 Å². The van der Waals surface area contributed by atoms with Gasteiger partial charge in [-0.3, -0.25) is 24.1 Å². The van der Waals surface area contributed by atoms with Crippen molar-refractivity contribution >= 4 is 46.3 Å². The molecule has 4 aromatic rings. The molecule has 1 aliphatic carbocycles. The fraction of sp³-hybridized carbons (Fsp3) is 0.655. The van der Waals surface area contributed by atoms with Crippen LogP contribution in [0.15, 0.2) is 48.4 Å². The third kappa shape index (κ3) is 17.7. The summed E-state index contributed by atoms with van der Waals surface area (Å²) in [5.41, 5.74) is 6.34. The lowest BCUT2D eigenvalue weighted by Gasteiger charge is -2.42. The van der Waals surface area contributed by atoms with Crippen LogP contribution in [-0.4, -0.2) is 205 Å². The molecule has 3 aromatic heterocycles. The maximum Gasteiger partial charge on any atom is 0.248 e. The quantitative estimate of drug-likeness (QED) is 0.0562. The third-order valence-corrected chi connectivity index (χ3v) is 15.3. The summed E-state index contributed by atoms with van der Waals surface area (Å²) in [6.07, 6.45) is 7.26. The predicted octanol–water partition coefficient (Wildman–Crippen LogP) is 4.06. The van der Waals surface area contributed by atoms with Crippen LogP contribution in [0.25, 0.3) is 16.0 Å². The second-order valence-electron chi connectivity index (χ2n) is 21.4. The van der Waals surface area contributed by atoms with E-state index in [4.69, 9.17) is 28.4 Å². The van der Waals surface area contributed by atoms with Crippen molar-refractivity contribution in [3.05, 3.63) is 65.2 Å². The van der Waals surface area contributed by atoms with Crippen molar-refractivity contribution in [3.63, 3.8) is 0 Å². The van der Waals surface area contributed by atoms with Gasteiger partial charge in [-0.15, -0.1) is 11.3 Å². The first-order chi connectivity index (χ1) is 37.2. The summed E-state index contributed by atoms with van der Waals surface area (Å²) in [7, 11) is 0. The van der Waals surface area contributed by atoms with Crippen LogP contribution < -0.4 is 16.0 Å². The zero-order valence-electron chi connectivity index (χ0n) is 45.9. The Bertz CT molecular complexity index is 2470. The number of amides is 4. The molecule has 3 atom stereocenters. The normalized spacial score (nSPS) is 19.7. The number of hydrogen-bond donors (Lipinski definition) is 4. The largest absolute Gasteiger partial charge is 0.391 e. The molecule has 21 nitrogen and oxygen atoms in total. The van der Waals surface area contributed by atoms with Gasteiger partial charge in [-0.05, 0) is 66.7 Å². The first-order valence-electron chi connectivity index (χ1n) is 27.3. The maximum atomic E-state index is 13.9. The number of aliphatic hydroxyl groups excluding tert-OH is 1. The van der Waals surface area contributed by atoms with E-state index in [1.54, 1.807) is 17.7 Å². The minimum atomic E-state index is -0.965. The lowest BCUT2D eigenvalue weighted by atomic mass is 9.85. The van der Waals surface area contributed by atoms with Gasteiger partial charge >= 0.3 is 0 Å². The molecular formula is C55H82N10O11S. The highest BCUT2D eigenvalue weighted by molar-refractivity contribution is 7.13. The number of fused-ring (bicyclic) bond motifs is 1. The molecular weight excluding hydrogens is 1010 g/mol. The molecule has 3 fully saturated rings. The lowest BCUT2D eigenvalue weighted by Crippen LogP contribution is -2.58. The Kier molecular flexibility index (Phi) is 22.9. The monoisotopic (exact) mass is 1090 g/mol. The zero-order valence-corrected chi connectivity index (χ0v) is 46.7. The average Bonchev–Trinajstić information content (AvgIpc) is 4.18. The van der Waals surface area contributed by atoms with Crippen molar-refractivity contribution in [1.29, 1.82) is 0 Å². The molecule has 424 valence electrons. The number of nitrogens with one attached hydrogen (secondary N) is 3. The van der Waals surface area contributed by atoms with E-state index in [9.17, 15) is 24.3 Å². The van der Waals surface area contributed by atoms with Crippen LogP contribution in [0.2, 0.25) is 0 Å². The minimum absolute atomic E-state index is 0.0145. The number of ether oxygens (including phenoxy) is 6. The average molecular weight is 1090 g/mol. The van der Waals surface area contributed by atoms with Gasteiger partial charge in [0.25, 0.3) is 0 Å². The number of aromatic nitrogens is 4. The molecule has 77 heavy (non-hydrogen) atoms. The number of rotatable bonds is 29. The maximum absolute atomic E-state index is 13.9. The first kappa shape index (κ1) is 59.5. The van der Waals surface area contributed by atoms with E-state index in [-0.39, 0.29) is 57.8 Å². The van der Waals surface area contributed by atoms with Crippen molar-refractivity contribution in [1.82, 2.24) is 44.9 Å². The molecule has 1 saturated carbocycles. The van der Waals surface area contributed by atoms with Crippen molar-refractivity contribution in [2.75, 3.05) is 117 Å². The highest BCUT2D eigenvalue weighted by Gasteiger charge is 2.44. The predicted molar refractivity (Wildman–Crippen MR) is 291 cm³/mol. The smallest absolute Gasteiger partial charge is 0.248 e. The number of hydrogen-bond acceptors (Lipinski definition) is 17. The van der Waals surface area contributed by atoms with Gasteiger partial charge in [-0.1, -0.05) is 58.9 Å². The summed E-state index contributed by atoms with van der Waals surface area (Å²) in [5.74, 6) is 0.0234. The summed E-state index contributed by atoms with van der Waals surface area (Å²) in [6, 6.07) is 9.06. The number of aryl methyl sites for hydroxylation is 1. The second kappa shape index (κ2) is 29.7. The summed E-state index contributed by atoms with van der Waals surface area (Å²) in [5, 5.41) is 24.4. The molecule has 5 heterocycles. The Morgan fingerprint density at radius 2 is 1.40 bits per heavy atom. The number of β-amino-alcohol motifs (C(OH)–C–C–N with tert-alkyl or cyclic N) is 1. The van der Waals surface area contributed by atoms with Crippen molar-refractivity contribution in [2.45, 2.75) is 116 Å². The number of thiazole rings is 1. The van der Waals surface area contributed by atoms with E-state index < -0.39 is 35.4 Å². The van der Waals surface area contributed by atoms with E-state index in [0.29, 0.717) is 83.9 Å². The van der Waals surface area contributed by atoms with Crippen LogP contribution in [0.5, 0.6) is 0 Å². The summed E-state index contributed by atoms with van der Waals surface area (Å²) in [4.78, 5) is 69.0. The van der Waals surface area contributed by atoms with Crippen molar-refractivity contribution in [3.8, 4) is 10.4 Å². The molecule has 4 amide bonds. The number of likely N-dealkylation sites (tertiary alicyclic amines) is 1. The fourth-order valence-electron chi connectivity index (χ4n) is 10.1. The SMILES string of the molecule is Cc1ncsc1-c1ccc(CNC(=O)[C@@H]2C[C@@H](O)CN2C(=O)[C@@H](NC(=O)COCCOCCOCCOCCOCCOCC(=O)N2CCN(C3CCC(Nc4ncnn5ccc(C(C)C)c45)CC3)CC2)C(C)(C)C)cc1. The van der Waals surface area contributed by atoms with E-state index >= 15 is 0 Å². The summed E-state index contributed by atoms with van der Waals surface area (Å²) >= 11 is 1.57. The molecule has 3 aliphatic rings. The topological polar surface area (TPSA) is 233 Å². The molecule has 2 saturated heterocycles. The highest BCUT2D eigenvalue weighted by atomic mass is 32.1. The number of carbonyl (C=O) groups excluding carboxylic acids is 4. The number of aliphatic hydroxyl groups is 1. The Balaban J connectivity index is 0.648. The molecule has 7 rings (SSSR count). The van der Waals surface area contributed by atoms with Gasteiger partial charge in [0.15, 0.2) is 5.82 Å². The highest BCUT2D eigenvalue weighted by Crippen LogP contribution is 2.31. The van der Waals surface area contributed by atoms with Crippen molar-refractivity contribution in [2.24, 2.45) is 5.41 Å². The van der Waals surface area contributed by atoms with Gasteiger partial charge in [-0.2, -0.15) is 5.10 Å². The second-order valence-corrected chi connectivity index (χ2v) is 22.2. The first-order valence-corrected chi connectivity index (χ1v) is 28.2.